The van der Waals surface area contributed by atoms with Crippen LogP contribution in [-0.4, -0.2) is 66.4 Å². The minimum atomic E-state index is -0.130. The smallest absolute Gasteiger partial charge is 0.253 e. The molecule has 0 bridgehead atoms. The first-order chi connectivity index (χ1) is 15.1. The maximum absolute atomic E-state index is 12.7. The Kier molecular flexibility index (Phi) is 8.55. The van der Waals surface area contributed by atoms with Crippen LogP contribution in [0.25, 0.3) is 0 Å². The van der Waals surface area contributed by atoms with Gasteiger partial charge in [-0.05, 0) is 35.9 Å². The lowest BCUT2D eigenvalue weighted by molar-refractivity contribution is -0.117. The number of rotatable bonds is 9. The number of thioether (sulfide) groups is 1. The van der Waals surface area contributed by atoms with Crippen LogP contribution in [0.4, 0.5) is 5.69 Å². The van der Waals surface area contributed by atoms with E-state index in [0.29, 0.717) is 24.3 Å². The van der Waals surface area contributed by atoms with E-state index >= 15 is 0 Å². The summed E-state index contributed by atoms with van der Waals surface area (Å²) < 4.78 is 5.20. The lowest BCUT2D eigenvalue weighted by Gasteiger charge is -2.26. The van der Waals surface area contributed by atoms with Gasteiger partial charge in [-0.3, -0.25) is 14.5 Å². The van der Waals surface area contributed by atoms with E-state index < -0.39 is 0 Å². The van der Waals surface area contributed by atoms with Crippen LogP contribution in [0.3, 0.4) is 0 Å². The number of amides is 2. The third kappa shape index (κ3) is 6.87. The van der Waals surface area contributed by atoms with Gasteiger partial charge in [0.25, 0.3) is 5.91 Å². The molecular formula is C24H29N3O3S. The Morgan fingerprint density at radius 1 is 1.19 bits per heavy atom. The van der Waals surface area contributed by atoms with Crippen molar-refractivity contribution in [2.24, 2.45) is 0 Å². The van der Waals surface area contributed by atoms with Gasteiger partial charge in [0.1, 0.15) is 5.75 Å². The van der Waals surface area contributed by atoms with Crippen molar-refractivity contribution in [3.05, 3.63) is 72.3 Å². The Morgan fingerprint density at radius 2 is 1.94 bits per heavy atom. The summed E-state index contributed by atoms with van der Waals surface area (Å²) in [4.78, 5) is 29.3. The summed E-state index contributed by atoms with van der Waals surface area (Å²) in [6, 6.07) is 15.0. The molecule has 2 aromatic rings. The molecule has 1 aliphatic heterocycles. The van der Waals surface area contributed by atoms with Crippen LogP contribution in [0, 0.1) is 0 Å². The lowest BCUT2D eigenvalue weighted by atomic mass is 10.1. The fraction of sp³-hybridized carbons (Fsp3) is 0.333. The van der Waals surface area contributed by atoms with Gasteiger partial charge < -0.3 is 15.0 Å². The predicted molar refractivity (Wildman–Crippen MR) is 127 cm³/mol. The monoisotopic (exact) mass is 439 g/mol. The van der Waals surface area contributed by atoms with Gasteiger partial charge >= 0.3 is 0 Å². The number of nitrogens with one attached hydrogen (secondary N) is 1. The number of hydrogen-bond donors (Lipinski definition) is 1. The fourth-order valence-corrected chi connectivity index (χ4v) is 4.34. The molecule has 1 N–H and O–H groups in total. The summed E-state index contributed by atoms with van der Waals surface area (Å²) >= 11 is 1.87. The van der Waals surface area contributed by atoms with Crippen molar-refractivity contribution in [1.29, 1.82) is 0 Å². The van der Waals surface area contributed by atoms with Gasteiger partial charge in [-0.1, -0.05) is 24.3 Å². The molecular weight excluding hydrogens is 410 g/mol. The molecule has 1 aliphatic rings. The highest BCUT2D eigenvalue weighted by molar-refractivity contribution is 7.99. The Hall–Kier alpha value is -2.77. The normalized spacial score (nSPS) is 13.7. The van der Waals surface area contributed by atoms with Gasteiger partial charge in [-0.25, -0.2) is 0 Å². The number of methoxy groups -OCH3 is 1. The second-order valence-corrected chi connectivity index (χ2v) is 8.56. The van der Waals surface area contributed by atoms with E-state index in [2.05, 4.69) is 11.9 Å². The third-order valence-electron chi connectivity index (χ3n) is 5.01. The number of hydrogen-bond acceptors (Lipinski definition) is 5. The second kappa shape index (κ2) is 11.6. The van der Waals surface area contributed by atoms with Gasteiger partial charge in [0.2, 0.25) is 5.91 Å². The molecule has 6 nitrogen and oxygen atoms in total. The summed E-state index contributed by atoms with van der Waals surface area (Å²) in [5, 5.41) is 2.92. The zero-order valence-electron chi connectivity index (χ0n) is 17.9. The molecule has 1 fully saturated rings. The highest BCUT2D eigenvalue weighted by atomic mass is 32.2. The van der Waals surface area contributed by atoms with Gasteiger partial charge in [0, 0.05) is 48.9 Å². The van der Waals surface area contributed by atoms with Crippen LogP contribution in [-0.2, 0) is 11.3 Å². The first-order valence-electron chi connectivity index (χ1n) is 10.3. The highest BCUT2D eigenvalue weighted by Crippen LogP contribution is 2.17. The van der Waals surface area contributed by atoms with Crippen LogP contribution < -0.4 is 10.1 Å². The molecule has 0 aromatic heterocycles. The topological polar surface area (TPSA) is 61.9 Å². The molecule has 164 valence electrons. The Balaban J connectivity index is 1.59. The van der Waals surface area contributed by atoms with Crippen molar-refractivity contribution in [1.82, 2.24) is 9.80 Å². The summed E-state index contributed by atoms with van der Waals surface area (Å²) in [6.07, 6.45) is 1.78. The first kappa shape index (κ1) is 22.9. The maximum atomic E-state index is 12.7. The summed E-state index contributed by atoms with van der Waals surface area (Å²) in [5.41, 5.74) is 2.32. The van der Waals surface area contributed by atoms with Gasteiger partial charge in [-0.2, -0.15) is 11.8 Å². The third-order valence-corrected chi connectivity index (χ3v) is 5.95. The molecule has 0 atom stereocenters. The molecule has 0 radical (unpaired) electrons. The highest BCUT2D eigenvalue weighted by Gasteiger charge is 2.19. The largest absolute Gasteiger partial charge is 0.497 e. The molecule has 2 aromatic carbocycles. The average molecular weight is 440 g/mol. The van der Waals surface area contributed by atoms with E-state index in [0.717, 1.165) is 35.9 Å². The average Bonchev–Trinajstić information content (AvgIpc) is 2.80. The van der Waals surface area contributed by atoms with Crippen molar-refractivity contribution >= 4 is 29.3 Å². The molecule has 1 saturated heterocycles. The Bertz CT molecular complexity index is 895. The SMILES string of the molecule is C=CCN(CC(=O)Nc1cccc(C(=O)N2CCSCC2)c1)Cc1ccc(OC)cc1. The lowest BCUT2D eigenvalue weighted by Crippen LogP contribution is -2.38. The quantitative estimate of drug-likeness (QED) is 0.606. The molecule has 1 heterocycles. The molecule has 31 heavy (non-hydrogen) atoms. The standard InChI is InChI=1S/C24H29N3O3S/c1-3-11-26(17-19-7-9-22(30-2)10-8-19)18-23(28)25-21-6-4-5-20(16-21)24(29)27-12-14-31-15-13-27/h3-10,16H,1,11-15,17-18H2,2H3,(H,25,28). The van der Waals surface area contributed by atoms with Crippen molar-refractivity contribution < 1.29 is 14.3 Å². The van der Waals surface area contributed by atoms with E-state index in [1.807, 2.05) is 51.9 Å². The fourth-order valence-electron chi connectivity index (χ4n) is 3.44. The second-order valence-electron chi connectivity index (χ2n) is 7.34. The number of carbonyl (C=O) groups excluding carboxylic acids is 2. The zero-order chi connectivity index (χ0) is 22.1. The predicted octanol–water partition coefficient (Wildman–Crippen LogP) is 3.51. The maximum Gasteiger partial charge on any atom is 0.253 e. The minimum absolute atomic E-state index is 0.0178. The number of ether oxygens (including phenoxy) is 1. The first-order valence-corrected chi connectivity index (χ1v) is 11.5. The van der Waals surface area contributed by atoms with Crippen LogP contribution in [0.2, 0.25) is 0 Å². The van der Waals surface area contributed by atoms with E-state index in [1.165, 1.54) is 0 Å². The number of anilines is 1. The van der Waals surface area contributed by atoms with Crippen molar-refractivity contribution in [3.8, 4) is 5.75 Å². The molecule has 0 unspecified atom stereocenters. The minimum Gasteiger partial charge on any atom is -0.497 e. The van der Waals surface area contributed by atoms with Crippen molar-refractivity contribution in [2.75, 3.05) is 50.1 Å². The van der Waals surface area contributed by atoms with Crippen LogP contribution in [0.15, 0.2) is 61.2 Å². The van der Waals surface area contributed by atoms with Crippen LogP contribution in [0.1, 0.15) is 15.9 Å². The molecule has 2 amide bonds. The van der Waals surface area contributed by atoms with Crippen LogP contribution in [0.5, 0.6) is 5.75 Å². The molecule has 0 aliphatic carbocycles. The molecule has 7 heteroatoms. The van der Waals surface area contributed by atoms with Crippen LogP contribution >= 0.6 is 11.8 Å². The summed E-state index contributed by atoms with van der Waals surface area (Å²) in [7, 11) is 1.64. The zero-order valence-corrected chi connectivity index (χ0v) is 18.7. The Morgan fingerprint density at radius 3 is 2.61 bits per heavy atom. The van der Waals surface area contributed by atoms with Crippen molar-refractivity contribution in [3.63, 3.8) is 0 Å². The van der Waals surface area contributed by atoms with Crippen molar-refractivity contribution in [2.45, 2.75) is 6.54 Å². The van der Waals surface area contributed by atoms with E-state index in [1.54, 1.807) is 31.4 Å². The number of benzene rings is 2. The number of nitrogens with zero attached hydrogens (tertiary/aromatic N) is 2. The van der Waals surface area contributed by atoms with E-state index in [4.69, 9.17) is 4.74 Å². The summed E-state index contributed by atoms with van der Waals surface area (Å²) in [5.74, 6) is 2.62. The Labute approximate surface area is 188 Å². The molecule has 3 rings (SSSR count). The number of carbonyl (C=O) groups is 2. The van der Waals surface area contributed by atoms with Gasteiger partial charge in [0.05, 0.1) is 13.7 Å². The molecule has 0 spiro atoms. The van der Waals surface area contributed by atoms with E-state index in [9.17, 15) is 9.59 Å². The van der Waals surface area contributed by atoms with E-state index in [-0.39, 0.29) is 18.4 Å². The summed E-state index contributed by atoms with van der Waals surface area (Å²) in [6.45, 7) is 6.76. The van der Waals surface area contributed by atoms with Gasteiger partial charge in [0.15, 0.2) is 0 Å². The molecule has 0 saturated carbocycles. The van der Waals surface area contributed by atoms with Gasteiger partial charge in [-0.15, -0.1) is 6.58 Å².